The van der Waals surface area contributed by atoms with E-state index in [1.807, 2.05) is 37.3 Å². The maximum atomic E-state index is 12.1. The second-order valence-electron chi connectivity index (χ2n) is 7.82. The summed E-state index contributed by atoms with van der Waals surface area (Å²) in [6, 6.07) is 9.55. The number of carbonyl (C=O) groups is 1. The number of nitrogens with one attached hydrogen (secondary N) is 3. The van der Waals surface area contributed by atoms with Gasteiger partial charge in [-0.2, -0.15) is 0 Å². The van der Waals surface area contributed by atoms with Gasteiger partial charge in [-0.1, -0.05) is 49.6 Å². The molecule has 1 unspecified atom stereocenters. The molecule has 6 nitrogen and oxygen atoms in total. The molecule has 0 heterocycles. The standard InChI is InChI=1S/C22H36N4O2.HI/c1-3-23-21(26-17-22(2,28)19-12-8-5-9-13-19)25-15-14-24-20(27)16-18-10-6-4-7-11-18;/h5,8-9,12-13,18,28H,3-4,6-7,10-11,14-17H2,1-2H3,(H,24,27)(H2,23,25,26);1H. The summed E-state index contributed by atoms with van der Waals surface area (Å²) in [6.45, 7) is 5.90. The van der Waals surface area contributed by atoms with Crippen molar-refractivity contribution in [3.63, 3.8) is 0 Å². The Kier molecular flexibility index (Phi) is 12.2. The molecule has 0 radical (unpaired) electrons. The second kappa shape index (κ2) is 13.8. The molecule has 1 saturated carbocycles. The van der Waals surface area contributed by atoms with Crippen LogP contribution in [0.3, 0.4) is 0 Å². The lowest BCUT2D eigenvalue weighted by Gasteiger charge is -2.22. The molecule has 2 rings (SSSR count). The van der Waals surface area contributed by atoms with E-state index in [1.54, 1.807) is 6.92 Å². The Morgan fingerprint density at radius 3 is 2.41 bits per heavy atom. The van der Waals surface area contributed by atoms with Crippen molar-refractivity contribution in [2.75, 3.05) is 26.2 Å². The van der Waals surface area contributed by atoms with Gasteiger partial charge < -0.3 is 21.1 Å². The molecule has 0 saturated heterocycles. The van der Waals surface area contributed by atoms with Gasteiger partial charge in [0.05, 0.1) is 6.54 Å². The number of hydrogen-bond donors (Lipinski definition) is 4. The molecule has 29 heavy (non-hydrogen) atoms. The van der Waals surface area contributed by atoms with Crippen LogP contribution in [0.25, 0.3) is 0 Å². The molecule has 1 aromatic carbocycles. The van der Waals surface area contributed by atoms with E-state index in [-0.39, 0.29) is 36.4 Å². The van der Waals surface area contributed by atoms with Gasteiger partial charge in [0.25, 0.3) is 0 Å². The van der Waals surface area contributed by atoms with Crippen molar-refractivity contribution < 1.29 is 9.90 Å². The minimum atomic E-state index is -1.03. The zero-order valence-corrected chi connectivity index (χ0v) is 20.1. The lowest BCUT2D eigenvalue weighted by Crippen LogP contribution is -2.42. The number of guanidine groups is 1. The summed E-state index contributed by atoms with van der Waals surface area (Å²) in [5, 5.41) is 20.1. The summed E-state index contributed by atoms with van der Waals surface area (Å²) < 4.78 is 0. The molecule has 1 aliphatic rings. The third-order valence-electron chi connectivity index (χ3n) is 5.22. The highest BCUT2D eigenvalue weighted by Gasteiger charge is 2.22. The molecule has 164 valence electrons. The lowest BCUT2D eigenvalue weighted by molar-refractivity contribution is -0.122. The van der Waals surface area contributed by atoms with Crippen molar-refractivity contribution in [2.24, 2.45) is 10.9 Å². The van der Waals surface area contributed by atoms with Crippen LogP contribution in [0.4, 0.5) is 0 Å². The van der Waals surface area contributed by atoms with Crippen molar-refractivity contribution in [3.8, 4) is 0 Å². The van der Waals surface area contributed by atoms with Gasteiger partial charge in [0.15, 0.2) is 5.96 Å². The number of carbonyl (C=O) groups excluding carboxylic acids is 1. The number of rotatable bonds is 9. The maximum absolute atomic E-state index is 12.1. The fraction of sp³-hybridized carbons (Fsp3) is 0.636. The van der Waals surface area contributed by atoms with Crippen molar-refractivity contribution in [1.29, 1.82) is 0 Å². The van der Waals surface area contributed by atoms with E-state index >= 15 is 0 Å². The number of hydrogen-bond acceptors (Lipinski definition) is 3. The molecular formula is C22H37IN4O2. The van der Waals surface area contributed by atoms with Gasteiger partial charge in [0.2, 0.25) is 5.91 Å². The molecule has 1 amide bonds. The van der Waals surface area contributed by atoms with Crippen LogP contribution in [0.15, 0.2) is 35.3 Å². The van der Waals surface area contributed by atoms with E-state index in [9.17, 15) is 9.90 Å². The third-order valence-corrected chi connectivity index (χ3v) is 5.22. The SMILES string of the molecule is CCNC(=NCC(C)(O)c1ccccc1)NCCNC(=O)CC1CCCCC1.I. The molecule has 0 aromatic heterocycles. The quantitative estimate of drug-likeness (QED) is 0.176. The summed E-state index contributed by atoms with van der Waals surface area (Å²) in [5.41, 5.74) is -0.192. The normalized spacial score (nSPS) is 17.0. The summed E-state index contributed by atoms with van der Waals surface area (Å²) in [7, 11) is 0. The first-order valence-corrected chi connectivity index (χ1v) is 10.6. The Balaban J connectivity index is 0.00000420. The van der Waals surface area contributed by atoms with E-state index in [4.69, 9.17) is 0 Å². The van der Waals surface area contributed by atoms with Crippen LogP contribution in [0.1, 0.15) is 57.9 Å². The molecule has 1 atom stereocenters. The fourth-order valence-electron chi connectivity index (χ4n) is 3.57. The molecule has 1 fully saturated rings. The van der Waals surface area contributed by atoms with Crippen LogP contribution in [-0.2, 0) is 10.4 Å². The highest BCUT2D eigenvalue weighted by Crippen LogP contribution is 2.26. The number of aliphatic hydroxyl groups is 1. The maximum Gasteiger partial charge on any atom is 0.220 e. The van der Waals surface area contributed by atoms with Gasteiger partial charge in [0, 0.05) is 26.1 Å². The number of halogens is 1. The van der Waals surface area contributed by atoms with Gasteiger partial charge >= 0.3 is 0 Å². The Bertz CT molecular complexity index is 616. The molecule has 0 spiro atoms. The summed E-state index contributed by atoms with van der Waals surface area (Å²) in [5.74, 6) is 1.34. The van der Waals surface area contributed by atoms with Crippen molar-refractivity contribution in [3.05, 3.63) is 35.9 Å². The molecule has 0 bridgehead atoms. The largest absolute Gasteiger partial charge is 0.384 e. The van der Waals surface area contributed by atoms with E-state index in [0.717, 1.165) is 12.1 Å². The number of amides is 1. The average Bonchev–Trinajstić information content (AvgIpc) is 2.71. The smallest absolute Gasteiger partial charge is 0.220 e. The fourth-order valence-corrected chi connectivity index (χ4v) is 3.57. The Labute approximate surface area is 192 Å². The first kappa shape index (κ1) is 25.7. The first-order valence-electron chi connectivity index (χ1n) is 10.6. The average molecular weight is 516 g/mol. The van der Waals surface area contributed by atoms with Crippen molar-refractivity contribution >= 4 is 35.8 Å². The minimum Gasteiger partial charge on any atom is -0.384 e. The third kappa shape index (κ3) is 9.80. The Morgan fingerprint density at radius 1 is 1.10 bits per heavy atom. The monoisotopic (exact) mass is 516 g/mol. The molecule has 0 aliphatic heterocycles. The van der Waals surface area contributed by atoms with E-state index in [2.05, 4.69) is 20.9 Å². The van der Waals surface area contributed by atoms with Gasteiger partial charge in [-0.05, 0) is 38.2 Å². The van der Waals surface area contributed by atoms with Gasteiger partial charge in [-0.25, -0.2) is 4.99 Å². The van der Waals surface area contributed by atoms with E-state index < -0.39 is 5.60 Å². The van der Waals surface area contributed by atoms with Crippen LogP contribution >= 0.6 is 24.0 Å². The van der Waals surface area contributed by atoms with Crippen molar-refractivity contribution in [2.45, 2.75) is 58.0 Å². The van der Waals surface area contributed by atoms with Crippen LogP contribution in [0.2, 0.25) is 0 Å². The van der Waals surface area contributed by atoms with Gasteiger partial charge in [-0.15, -0.1) is 24.0 Å². The first-order chi connectivity index (χ1) is 13.5. The zero-order chi connectivity index (χ0) is 20.2. The van der Waals surface area contributed by atoms with Gasteiger partial charge in [-0.3, -0.25) is 4.79 Å². The number of benzene rings is 1. The number of aliphatic imine (C=N–C) groups is 1. The molecule has 7 heteroatoms. The van der Waals surface area contributed by atoms with E-state index in [1.165, 1.54) is 32.1 Å². The number of nitrogens with zero attached hydrogens (tertiary/aromatic N) is 1. The minimum absolute atomic E-state index is 0. The summed E-state index contributed by atoms with van der Waals surface area (Å²) in [6.07, 6.45) is 6.85. The molecule has 1 aromatic rings. The highest BCUT2D eigenvalue weighted by atomic mass is 127. The topological polar surface area (TPSA) is 85.8 Å². The zero-order valence-electron chi connectivity index (χ0n) is 17.7. The molecular weight excluding hydrogens is 479 g/mol. The van der Waals surface area contributed by atoms with Gasteiger partial charge in [0.1, 0.15) is 5.60 Å². The predicted molar refractivity (Wildman–Crippen MR) is 130 cm³/mol. The van der Waals surface area contributed by atoms with E-state index in [0.29, 0.717) is 31.4 Å². The van der Waals surface area contributed by atoms with Crippen LogP contribution in [0.5, 0.6) is 0 Å². The molecule has 1 aliphatic carbocycles. The lowest BCUT2D eigenvalue weighted by atomic mass is 9.87. The molecule has 4 N–H and O–H groups in total. The predicted octanol–water partition coefficient (Wildman–Crippen LogP) is 3.15. The van der Waals surface area contributed by atoms with Crippen LogP contribution < -0.4 is 16.0 Å². The highest BCUT2D eigenvalue weighted by molar-refractivity contribution is 14.0. The van der Waals surface area contributed by atoms with Crippen LogP contribution in [-0.4, -0.2) is 43.2 Å². The Hall–Kier alpha value is -1.35. The van der Waals surface area contributed by atoms with Crippen molar-refractivity contribution in [1.82, 2.24) is 16.0 Å². The Morgan fingerprint density at radius 2 is 1.76 bits per heavy atom. The van der Waals surface area contributed by atoms with Crippen LogP contribution in [0, 0.1) is 5.92 Å². The summed E-state index contributed by atoms with van der Waals surface area (Å²) in [4.78, 5) is 16.6. The summed E-state index contributed by atoms with van der Waals surface area (Å²) >= 11 is 0. The second-order valence-corrected chi connectivity index (χ2v) is 7.82.